The van der Waals surface area contributed by atoms with Gasteiger partial charge in [0.2, 0.25) is 0 Å². The molecule has 1 aliphatic heterocycles. The molecule has 0 radical (unpaired) electrons. The second-order valence-corrected chi connectivity index (χ2v) is 5.81. The zero-order chi connectivity index (χ0) is 14.0. The fraction of sp³-hybridized carbons (Fsp3) is 0.667. The Bertz CT molecular complexity index is 448. The second kappa shape index (κ2) is 5.58. The Morgan fingerprint density at radius 2 is 1.95 bits per heavy atom. The average Bonchev–Trinajstić information content (AvgIpc) is 2.90. The van der Waals surface area contributed by atoms with Crippen LogP contribution in [0.5, 0.6) is 0 Å². The van der Waals surface area contributed by atoms with Crippen LogP contribution in [0.25, 0.3) is 0 Å². The highest BCUT2D eigenvalue weighted by Gasteiger charge is 2.40. The Morgan fingerprint density at radius 3 is 2.60 bits per heavy atom. The van der Waals surface area contributed by atoms with Gasteiger partial charge >= 0.3 is 0 Å². The van der Waals surface area contributed by atoms with Gasteiger partial charge in [0.25, 0.3) is 0 Å². The maximum atomic E-state index is 5.77. The lowest BCUT2D eigenvalue weighted by Crippen LogP contribution is -2.39. The van der Waals surface area contributed by atoms with Gasteiger partial charge in [-0.25, -0.2) is 0 Å². The standard InChI is InChI=1S/C15H23N3O2/c1-18(2)14-5-8-16-11-13(14)17-12-3-6-15(7-4-12)19-9-10-20-15/h5,8,11-12,17H,3-4,6-7,9-10H2,1-2H3. The SMILES string of the molecule is CN(C)c1ccncc1NC1CCC2(CC1)OCCO2. The molecule has 1 aromatic rings. The first-order valence-corrected chi connectivity index (χ1v) is 7.34. The lowest BCUT2D eigenvalue weighted by molar-refractivity contribution is -0.177. The Kier molecular flexibility index (Phi) is 3.81. The zero-order valence-corrected chi connectivity index (χ0v) is 12.3. The van der Waals surface area contributed by atoms with Gasteiger partial charge in [-0.1, -0.05) is 0 Å². The maximum Gasteiger partial charge on any atom is 0.168 e. The van der Waals surface area contributed by atoms with E-state index in [1.165, 1.54) is 5.69 Å². The lowest BCUT2D eigenvalue weighted by Gasteiger charge is -2.36. The van der Waals surface area contributed by atoms with Gasteiger partial charge in [-0.15, -0.1) is 0 Å². The average molecular weight is 277 g/mol. The highest BCUT2D eigenvalue weighted by molar-refractivity contribution is 5.68. The summed E-state index contributed by atoms with van der Waals surface area (Å²) in [5, 5.41) is 3.62. The molecule has 110 valence electrons. The molecule has 2 fully saturated rings. The third kappa shape index (κ3) is 2.74. The minimum absolute atomic E-state index is 0.280. The molecule has 1 aromatic heterocycles. The Labute approximate surface area is 120 Å². The van der Waals surface area contributed by atoms with Gasteiger partial charge in [0.05, 0.1) is 30.8 Å². The molecule has 2 heterocycles. The van der Waals surface area contributed by atoms with Crippen molar-refractivity contribution in [1.82, 2.24) is 4.98 Å². The number of ether oxygens (including phenoxy) is 2. The number of nitrogens with zero attached hydrogens (tertiary/aromatic N) is 2. The molecule has 0 atom stereocenters. The third-order valence-corrected chi connectivity index (χ3v) is 4.20. The van der Waals surface area contributed by atoms with Crippen molar-refractivity contribution in [3.63, 3.8) is 0 Å². The van der Waals surface area contributed by atoms with Crippen molar-refractivity contribution in [1.29, 1.82) is 0 Å². The van der Waals surface area contributed by atoms with Gasteiger partial charge in [-0.2, -0.15) is 0 Å². The second-order valence-electron chi connectivity index (χ2n) is 5.81. The first-order chi connectivity index (χ1) is 9.69. The molecule has 5 nitrogen and oxygen atoms in total. The largest absolute Gasteiger partial charge is 0.379 e. The van der Waals surface area contributed by atoms with E-state index >= 15 is 0 Å². The van der Waals surface area contributed by atoms with Gasteiger partial charge in [0.1, 0.15) is 0 Å². The minimum atomic E-state index is -0.280. The maximum absolute atomic E-state index is 5.77. The number of aromatic nitrogens is 1. The molecular formula is C15H23N3O2. The molecule has 0 bridgehead atoms. The van der Waals surface area contributed by atoms with Crippen molar-refractivity contribution in [3.8, 4) is 0 Å². The van der Waals surface area contributed by atoms with Crippen molar-refractivity contribution in [3.05, 3.63) is 18.5 Å². The Morgan fingerprint density at radius 1 is 1.25 bits per heavy atom. The van der Waals surface area contributed by atoms with Crippen molar-refractivity contribution in [2.75, 3.05) is 37.5 Å². The topological polar surface area (TPSA) is 46.6 Å². The predicted molar refractivity (Wildman–Crippen MR) is 79.1 cm³/mol. The summed E-state index contributed by atoms with van der Waals surface area (Å²) in [5.74, 6) is -0.280. The van der Waals surface area contributed by atoms with E-state index in [0.29, 0.717) is 6.04 Å². The van der Waals surface area contributed by atoms with Gasteiger partial charge in [0.15, 0.2) is 5.79 Å². The quantitative estimate of drug-likeness (QED) is 0.918. The van der Waals surface area contributed by atoms with E-state index in [4.69, 9.17) is 9.47 Å². The summed E-state index contributed by atoms with van der Waals surface area (Å²) < 4.78 is 11.5. The van der Waals surface area contributed by atoms with Crippen LogP contribution >= 0.6 is 0 Å². The van der Waals surface area contributed by atoms with E-state index in [2.05, 4.69) is 29.3 Å². The van der Waals surface area contributed by atoms with Crippen LogP contribution in [0.15, 0.2) is 18.5 Å². The van der Waals surface area contributed by atoms with E-state index in [0.717, 1.165) is 44.6 Å². The molecule has 20 heavy (non-hydrogen) atoms. The van der Waals surface area contributed by atoms with Crippen LogP contribution in [0.4, 0.5) is 11.4 Å². The summed E-state index contributed by atoms with van der Waals surface area (Å²) in [5.41, 5.74) is 2.28. The number of anilines is 2. The number of rotatable bonds is 3. The van der Waals surface area contributed by atoms with Gasteiger partial charge in [-0.05, 0) is 18.9 Å². The smallest absolute Gasteiger partial charge is 0.168 e. The summed E-state index contributed by atoms with van der Waals surface area (Å²) in [6, 6.07) is 2.51. The third-order valence-electron chi connectivity index (χ3n) is 4.20. The molecule has 5 heteroatoms. The number of hydrogen-bond donors (Lipinski definition) is 1. The van der Waals surface area contributed by atoms with Crippen LogP contribution in [0.1, 0.15) is 25.7 Å². The summed E-state index contributed by atoms with van der Waals surface area (Å²) >= 11 is 0. The molecule has 0 unspecified atom stereocenters. The predicted octanol–water partition coefficient (Wildman–Crippen LogP) is 2.25. The minimum Gasteiger partial charge on any atom is -0.379 e. The van der Waals surface area contributed by atoms with E-state index in [1.54, 1.807) is 0 Å². The molecule has 1 aliphatic carbocycles. The van der Waals surface area contributed by atoms with Crippen molar-refractivity contribution in [2.45, 2.75) is 37.5 Å². The molecule has 1 spiro atoms. The highest BCUT2D eigenvalue weighted by Crippen LogP contribution is 2.37. The lowest BCUT2D eigenvalue weighted by atomic mass is 9.90. The number of pyridine rings is 1. The van der Waals surface area contributed by atoms with Gasteiger partial charge < -0.3 is 19.7 Å². The Balaban J connectivity index is 1.62. The van der Waals surface area contributed by atoms with Crippen LogP contribution in [0.2, 0.25) is 0 Å². The summed E-state index contributed by atoms with van der Waals surface area (Å²) in [4.78, 5) is 6.33. The van der Waals surface area contributed by atoms with Crippen molar-refractivity contribution in [2.24, 2.45) is 0 Å². The molecular weight excluding hydrogens is 254 g/mol. The van der Waals surface area contributed by atoms with E-state index < -0.39 is 0 Å². The molecule has 1 saturated heterocycles. The van der Waals surface area contributed by atoms with Gasteiger partial charge in [-0.3, -0.25) is 4.98 Å². The van der Waals surface area contributed by atoms with Crippen LogP contribution in [0, 0.1) is 0 Å². The monoisotopic (exact) mass is 277 g/mol. The normalized spacial score (nSPS) is 22.1. The van der Waals surface area contributed by atoms with Crippen LogP contribution in [-0.2, 0) is 9.47 Å². The molecule has 0 aromatic carbocycles. The fourth-order valence-electron chi connectivity index (χ4n) is 3.10. The Hall–Kier alpha value is -1.33. The molecule has 3 rings (SSSR count). The summed E-state index contributed by atoms with van der Waals surface area (Å²) in [6.07, 6.45) is 7.83. The highest BCUT2D eigenvalue weighted by atomic mass is 16.7. The van der Waals surface area contributed by atoms with E-state index in [1.807, 2.05) is 18.5 Å². The molecule has 1 N–H and O–H groups in total. The van der Waals surface area contributed by atoms with Gasteiger partial charge in [0, 0.05) is 39.2 Å². The molecule has 0 amide bonds. The van der Waals surface area contributed by atoms with Crippen molar-refractivity contribution < 1.29 is 9.47 Å². The molecule has 2 aliphatic rings. The van der Waals surface area contributed by atoms with Crippen LogP contribution in [-0.4, -0.2) is 44.1 Å². The number of nitrogens with one attached hydrogen (secondary N) is 1. The molecule has 1 saturated carbocycles. The van der Waals surface area contributed by atoms with Crippen LogP contribution in [0.3, 0.4) is 0 Å². The fourth-order valence-corrected chi connectivity index (χ4v) is 3.10. The summed E-state index contributed by atoms with van der Waals surface area (Å²) in [7, 11) is 4.10. The van der Waals surface area contributed by atoms with Crippen LogP contribution < -0.4 is 10.2 Å². The summed E-state index contributed by atoms with van der Waals surface area (Å²) in [6.45, 7) is 1.48. The first kappa shape index (κ1) is 13.6. The number of hydrogen-bond acceptors (Lipinski definition) is 5. The first-order valence-electron chi connectivity index (χ1n) is 7.34. The van der Waals surface area contributed by atoms with E-state index in [-0.39, 0.29) is 5.79 Å². The van der Waals surface area contributed by atoms with E-state index in [9.17, 15) is 0 Å². The zero-order valence-electron chi connectivity index (χ0n) is 12.3. The van der Waals surface area contributed by atoms with Crippen molar-refractivity contribution >= 4 is 11.4 Å².